The molecule has 0 saturated heterocycles. The molecule has 1 aromatic rings. The Hall–Kier alpha value is -1.23. The summed E-state index contributed by atoms with van der Waals surface area (Å²) in [5.74, 6) is 1.86. The van der Waals surface area contributed by atoms with Crippen LogP contribution in [0.4, 0.5) is 5.82 Å². The van der Waals surface area contributed by atoms with Crippen LogP contribution in [0.25, 0.3) is 0 Å². The highest BCUT2D eigenvalue weighted by atomic mass is 32.2. The number of thioether (sulfide) groups is 1. The third-order valence-electron chi connectivity index (χ3n) is 2.29. The van der Waals surface area contributed by atoms with E-state index in [1.807, 2.05) is 39.1 Å². The molecule has 0 spiro atoms. The van der Waals surface area contributed by atoms with Gasteiger partial charge < -0.3 is 10.1 Å². The summed E-state index contributed by atoms with van der Waals surface area (Å²) in [5, 5.41) is 3.23. The molecule has 0 radical (unpaired) electrons. The van der Waals surface area contributed by atoms with Crippen molar-refractivity contribution in [1.29, 1.82) is 0 Å². The van der Waals surface area contributed by atoms with Gasteiger partial charge >= 0.3 is 5.97 Å². The van der Waals surface area contributed by atoms with Crippen LogP contribution in [-0.4, -0.2) is 28.9 Å². The lowest BCUT2D eigenvalue weighted by Crippen LogP contribution is -2.24. The number of carbonyl (C=O) groups excluding carboxylic acids is 1. The third-order valence-corrected chi connectivity index (χ3v) is 3.27. The molecule has 0 fully saturated rings. The number of hydrogen-bond donors (Lipinski definition) is 1. The Morgan fingerprint density at radius 1 is 1.40 bits per heavy atom. The summed E-state index contributed by atoms with van der Waals surface area (Å²) in [7, 11) is 0. The van der Waals surface area contributed by atoms with Gasteiger partial charge in [-0.15, -0.1) is 11.8 Å². The van der Waals surface area contributed by atoms with Crippen LogP contribution in [0.5, 0.6) is 0 Å². The lowest BCUT2D eigenvalue weighted by Gasteiger charge is -2.19. The largest absolute Gasteiger partial charge is 0.459 e. The van der Waals surface area contributed by atoms with Crippen molar-refractivity contribution in [2.75, 3.05) is 17.6 Å². The molecule has 0 amide bonds. The van der Waals surface area contributed by atoms with Crippen LogP contribution < -0.4 is 5.32 Å². The van der Waals surface area contributed by atoms with E-state index >= 15 is 0 Å². The van der Waals surface area contributed by atoms with E-state index < -0.39 is 5.60 Å². The molecule has 4 nitrogen and oxygen atoms in total. The molecule has 20 heavy (non-hydrogen) atoms. The minimum Gasteiger partial charge on any atom is -0.459 e. The zero-order chi connectivity index (χ0) is 15.0. The fourth-order valence-electron chi connectivity index (χ4n) is 1.49. The fourth-order valence-corrected chi connectivity index (χ4v) is 2.22. The van der Waals surface area contributed by atoms with Gasteiger partial charge in [-0.25, -0.2) is 4.98 Å². The number of rotatable bonds is 7. The first-order valence-corrected chi connectivity index (χ1v) is 8.04. The molecule has 0 aliphatic rings. The minimum atomic E-state index is -0.411. The van der Waals surface area contributed by atoms with Gasteiger partial charge in [-0.2, -0.15) is 0 Å². The predicted molar refractivity (Wildman–Crippen MR) is 85.0 cm³/mol. The number of nitrogens with zero attached hydrogens (tertiary/aromatic N) is 1. The van der Waals surface area contributed by atoms with Crippen molar-refractivity contribution in [3.8, 4) is 0 Å². The van der Waals surface area contributed by atoms with Crippen molar-refractivity contribution in [2.45, 2.75) is 45.5 Å². The number of aromatic nitrogens is 1. The molecule has 1 aromatic heterocycles. The van der Waals surface area contributed by atoms with E-state index in [1.54, 1.807) is 11.8 Å². The highest BCUT2D eigenvalue weighted by molar-refractivity contribution is 7.99. The van der Waals surface area contributed by atoms with Gasteiger partial charge in [0.15, 0.2) is 0 Å². The van der Waals surface area contributed by atoms with Crippen molar-refractivity contribution in [2.24, 2.45) is 0 Å². The van der Waals surface area contributed by atoms with E-state index in [1.165, 1.54) is 0 Å². The van der Waals surface area contributed by atoms with E-state index in [9.17, 15) is 4.79 Å². The molecule has 5 heteroatoms. The quantitative estimate of drug-likeness (QED) is 0.781. The van der Waals surface area contributed by atoms with E-state index in [0.717, 1.165) is 30.1 Å². The van der Waals surface area contributed by atoms with Crippen molar-refractivity contribution < 1.29 is 9.53 Å². The van der Waals surface area contributed by atoms with Crippen molar-refractivity contribution >= 4 is 23.5 Å². The summed E-state index contributed by atoms with van der Waals surface area (Å²) in [6.45, 7) is 8.68. The highest BCUT2D eigenvalue weighted by Crippen LogP contribution is 2.15. The van der Waals surface area contributed by atoms with Gasteiger partial charge in [0.1, 0.15) is 11.4 Å². The number of anilines is 1. The van der Waals surface area contributed by atoms with Crippen LogP contribution in [0.2, 0.25) is 0 Å². The monoisotopic (exact) mass is 296 g/mol. The topological polar surface area (TPSA) is 51.2 Å². The first-order chi connectivity index (χ1) is 9.40. The summed E-state index contributed by atoms with van der Waals surface area (Å²) >= 11 is 1.54. The Balaban J connectivity index is 2.30. The highest BCUT2D eigenvalue weighted by Gasteiger charge is 2.15. The molecule has 112 valence electrons. The van der Waals surface area contributed by atoms with Gasteiger partial charge in [0.2, 0.25) is 0 Å². The summed E-state index contributed by atoms with van der Waals surface area (Å²) in [4.78, 5) is 15.9. The zero-order valence-corrected chi connectivity index (χ0v) is 13.5. The maximum absolute atomic E-state index is 11.6. The Morgan fingerprint density at radius 3 is 2.70 bits per heavy atom. The molecule has 0 atom stereocenters. The molecule has 1 N–H and O–H groups in total. The standard InChI is InChI=1S/C15H24N2O2S/c1-5-8-16-13-7-6-12(9-17-13)10-20-11-14(18)19-15(2,3)4/h6-7,9H,5,8,10-11H2,1-4H3,(H,16,17). The smallest absolute Gasteiger partial charge is 0.316 e. The van der Waals surface area contributed by atoms with Gasteiger partial charge in [-0.05, 0) is 38.8 Å². The number of ether oxygens (including phenoxy) is 1. The Kier molecular flexibility index (Phi) is 6.85. The summed E-state index contributed by atoms with van der Waals surface area (Å²) in [6, 6.07) is 4.01. The fraction of sp³-hybridized carbons (Fsp3) is 0.600. The van der Waals surface area contributed by atoms with Gasteiger partial charge in [0, 0.05) is 18.5 Å². The number of carbonyl (C=O) groups is 1. The Bertz CT molecular complexity index is 413. The van der Waals surface area contributed by atoms with Crippen molar-refractivity contribution in [3.05, 3.63) is 23.9 Å². The van der Waals surface area contributed by atoms with Crippen LogP contribution >= 0.6 is 11.8 Å². The molecule has 0 saturated carbocycles. The van der Waals surface area contributed by atoms with Crippen LogP contribution in [0.3, 0.4) is 0 Å². The van der Waals surface area contributed by atoms with Crippen LogP contribution in [-0.2, 0) is 15.3 Å². The zero-order valence-electron chi connectivity index (χ0n) is 12.7. The molecule has 1 rings (SSSR count). The molecule has 0 aromatic carbocycles. The van der Waals surface area contributed by atoms with Gasteiger partial charge in [0.25, 0.3) is 0 Å². The van der Waals surface area contributed by atoms with Crippen molar-refractivity contribution in [3.63, 3.8) is 0 Å². The normalized spacial score (nSPS) is 11.2. The molecule has 1 heterocycles. The molecular weight excluding hydrogens is 272 g/mol. The van der Waals surface area contributed by atoms with Crippen LogP contribution in [0.15, 0.2) is 18.3 Å². The van der Waals surface area contributed by atoms with Gasteiger partial charge in [-0.1, -0.05) is 13.0 Å². The lowest BCUT2D eigenvalue weighted by atomic mass is 10.2. The second-order valence-corrected chi connectivity index (χ2v) is 6.54. The Labute approximate surface area is 125 Å². The summed E-state index contributed by atoms with van der Waals surface area (Å²) in [5.41, 5.74) is 0.701. The molecule has 0 unspecified atom stereocenters. The number of esters is 1. The van der Waals surface area contributed by atoms with E-state index in [2.05, 4.69) is 17.2 Å². The minimum absolute atomic E-state index is 0.170. The molecule has 0 aliphatic heterocycles. The summed E-state index contributed by atoms with van der Waals surface area (Å²) < 4.78 is 5.25. The Morgan fingerprint density at radius 2 is 2.15 bits per heavy atom. The van der Waals surface area contributed by atoms with Crippen LogP contribution in [0, 0.1) is 0 Å². The summed E-state index contributed by atoms with van der Waals surface area (Å²) in [6.07, 6.45) is 2.93. The van der Waals surface area contributed by atoms with E-state index in [0.29, 0.717) is 5.75 Å². The first-order valence-electron chi connectivity index (χ1n) is 6.89. The molecule has 0 aliphatic carbocycles. The third kappa shape index (κ3) is 7.38. The number of nitrogens with one attached hydrogen (secondary N) is 1. The predicted octanol–water partition coefficient (Wildman–Crippen LogP) is 3.48. The van der Waals surface area contributed by atoms with Gasteiger partial charge in [0.05, 0.1) is 5.75 Å². The number of hydrogen-bond acceptors (Lipinski definition) is 5. The SMILES string of the molecule is CCCNc1ccc(CSCC(=O)OC(C)(C)C)cn1. The number of pyridine rings is 1. The average Bonchev–Trinajstić information content (AvgIpc) is 2.35. The first kappa shape index (κ1) is 16.8. The van der Waals surface area contributed by atoms with Gasteiger partial charge in [-0.3, -0.25) is 4.79 Å². The van der Waals surface area contributed by atoms with E-state index in [4.69, 9.17) is 4.74 Å². The van der Waals surface area contributed by atoms with Crippen LogP contribution in [0.1, 0.15) is 39.7 Å². The average molecular weight is 296 g/mol. The maximum atomic E-state index is 11.6. The van der Waals surface area contributed by atoms with E-state index in [-0.39, 0.29) is 5.97 Å². The molecular formula is C15H24N2O2S. The second-order valence-electron chi connectivity index (χ2n) is 5.56. The maximum Gasteiger partial charge on any atom is 0.316 e. The lowest BCUT2D eigenvalue weighted by molar-refractivity contribution is -0.151. The van der Waals surface area contributed by atoms with Crippen molar-refractivity contribution in [1.82, 2.24) is 4.98 Å². The second kappa shape index (κ2) is 8.15. The molecule has 0 bridgehead atoms.